The largest absolute Gasteiger partial charge is 0.457 e. The predicted molar refractivity (Wildman–Crippen MR) is 100 cm³/mol. The van der Waals surface area contributed by atoms with Crippen LogP contribution in [0, 0.1) is 12.3 Å². The third kappa shape index (κ3) is 3.40. The summed E-state index contributed by atoms with van der Waals surface area (Å²) < 4.78 is 32.3. The maximum absolute atomic E-state index is 13.2. The van der Waals surface area contributed by atoms with E-state index in [4.69, 9.17) is 4.74 Å². The third-order valence-corrected chi connectivity index (χ3v) is 6.84. The number of benzene rings is 1. The lowest BCUT2D eigenvalue weighted by molar-refractivity contribution is -0.152. The number of carbonyl (C=O) groups is 2. The van der Waals surface area contributed by atoms with E-state index in [1.54, 1.807) is 39.0 Å². The van der Waals surface area contributed by atoms with Gasteiger partial charge in [-0.3, -0.25) is 4.79 Å². The van der Waals surface area contributed by atoms with Crippen LogP contribution in [0.2, 0.25) is 0 Å². The van der Waals surface area contributed by atoms with Crippen molar-refractivity contribution in [3.63, 3.8) is 0 Å². The molecule has 0 radical (unpaired) electrons. The lowest BCUT2D eigenvalue weighted by Gasteiger charge is -2.27. The van der Waals surface area contributed by atoms with Crippen molar-refractivity contribution >= 4 is 21.9 Å². The summed E-state index contributed by atoms with van der Waals surface area (Å²) in [7, 11) is -3.95. The molecule has 7 heteroatoms. The fourth-order valence-corrected chi connectivity index (χ4v) is 5.15. The average molecular weight is 391 g/mol. The molecule has 0 aromatic heterocycles. The van der Waals surface area contributed by atoms with Gasteiger partial charge in [0.15, 0.2) is 0 Å². The molecule has 1 aliphatic heterocycles. The second-order valence-corrected chi connectivity index (χ2v) is 10.0. The molecule has 1 spiro atoms. The van der Waals surface area contributed by atoms with Crippen molar-refractivity contribution in [3.8, 4) is 0 Å². The van der Waals surface area contributed by atoms with E-state index in [2.05, 4.69) is 0 Å². The van der Waals surface area contributed by atoms with Crippen molar-refractivity contribution in [2.45, 2.75) is 57.5 Å². The van der Waals surface area contributed by atoms with Crippen LogP contribution in [0.15, 0.2) is 40.8 Å². The van der Waals surface area contributed by atoms with Crippen LogP contribution in [-0.4, -0.2) is 36.7 Å². The Labute approximate surface area is 160 Å². The van der Waals surface area contributed by atoms with Crippen molar-refractivity contribution in [1.82, 2.24) is 4.31 Å². The fraction of sp³-hybridized carbons (Fsp3) is 0.500. The summed E-state index contributed by atoms with van der Waals surface area (Å²) in [5.74, 6) is -1.07. The fourth-order valence-electron chi connectivity index (χ4n) is 3.69. The van der Waals surface area contributed by atoms with Crippen molar-refractivity contribution in [2.24, 2.45) is 5.41 Å². The lowest BCUT2D eigenvalue weighted by atomic mass is 9.79. The van der Waals surface area contributed by atoms with Crippen LogP contribution in [0.3, 0.4) is 0 Å². The molecule has 1 heterocycles. The quantitative estimate of drug-likeness (QED) is 0.740. The maximum Gasteiger partial charge on any atom is 0.335 e. The van der Waals surface area contributed by atoms with E-state index in [0.29, 0.717) is 24.8 Å². The van der Waals surface area contributed by atoms with Crippen molar-refractivity contribution < 1.29 is 22.7 Å². The molecule has 0 saturated carbocycles. The van der Waals surface area contributed by atoms with Gasteiger partial charge in [0.1, 0.15) is 5.60 Å². The van der Waals surface area contributed by atoms with Gasteiger partial charge in [-0.1, -0.05) is 23.8 Å². The molecule has 1 aliphatic carbocycles. The van der Waals surface area contributed by atoms with Gasteiger partial charge in [-0.2, -0.15) is 0 Å². The Morgan fingerprint density at radius 1 is 1.15 bits per heavy atom. The molecule has 6 nitrogen and oxygen atoms in total. The molecule has 1 amide bonds. The third-order valence-electron chi connectivity index (χ3n) is 5.04. The number of hydrogen-bond acceptors (Lipinski definition) is 5. The molecule has 0 bridgehead atoms. The molecule has 1 saturated heterocycles. The van der Waals surface area contributed by atoms with Gasteiger partial charge in [0.2, 0.25) is 5.91 Å². The Balaban J connectivity index is 1.91. The molecular formula is C20H25NO5S. The Hall–Kier alpha value is -2.15. The SMILES string of the molecule is Cc1ccc(S(=O)(=O)N2CCC3(CCC=C3C(=O)OC(C)(C)C)C2=O)cc1. The van der Waals surface area contributed by atoms with Gasteiger partial charge >= 0.3 is 5.97 Å². The number of carbonyl (C=O) groups excluding carboxylic acids is 2. The van der Waals surface area contributed by atoms with Crippen molar-refractivity contribution in [3.05, 3.63) is 41.5 Å². The molecule has 146 valence electrons. The van der Waals surface area contributed by atoms with Gasteiger partial charge in [0.25, 0.3) is 10.0 Å². The van der Waals surface area contributed by atoms with Gasteiger partial charge in [0, 0.05) is 12.1 Å². The zero-order chi connectivity index (χ0) is 20.0. The highest BCUT2D eigenvalue weighted by Crippen LogP contribution is 2.49. The van der Waals surface area contributed by atoms with E-state index in [-0.39, 0.29) is 11.4 Å². The van der Waals surface area contributed by atoms with E-state index in [0.717, 1.165) is 9.87 Å². The minimum atomic E-state index is -3.95. The van der Waals surface area contributed by atoms with Crippen LogP contribution in [-0.2, 0) is 24.3 Å². The van der Waals surface area contributed by atoms with E-state index in [9.17, 15) is 18.0 Å². The van der Waals surface area contributed by atoms with E-state index >= 15 is 0 Å². The van der Waals surface area contributed by atoms with Gasteiger partial charge in [-0.05, 0) is 59.1 Å². The predicted octanol–water partition coefficient (Wildman–Crippen LogP) is 2.96. The van der Waals surface area contributed by atoms with Crippen LogP contribution in [0.5, 0.6) is 0 Å². The summed E-state index contributed by atoms with van der Waals surface area (Å²) in [4.78, 5) is 25.9. The van der Waals surface area contributed by atoms with Crippen LogP contribution in [0.25, 0.3) is 0 Å². The Kier molecular flexibility index (Phi) is 4.70. The van der Waals surface area contributed by atoms with Crippen molar-refractivity contribution in [1.29, 1.82) is 0 Å². The summed E-state index contributed by atoms with van der Waals surface area (Å²) >= 11 is 0. The number of ether oxygens (including phenoxy) is 1. The second kappa shape index (κ2) is 6.48. The normalized spacial score (nSPS) is 23.0. The van der Waals surface area contributed by atoms with E-state index < -0.39 is 32.9 Å². The zero-order valence-corrected chi connectivity index (χ0v) is 16.9. The second-order valence-electron chi connectivity index (χ2n) is 8.19. The number of amides is 1. The summed E-state index contributed by atoms with van der Waals surface area (Å²) in [6, 6.07) is 6.40. The Bertz CT molecular complexity index is 909. The van der Waals surface area contributed by atoms with Gasteiger partial charge in [-0.25, -0.2) is 17.5 Å². The van der Waals surface area contributed by atoms with E-state index in [1.165, 1.54) is 12.1 Å². The minimum Gasteiger partial charge on any atom is -0.457 e. The molecule has 0 N–H and O–H groups in total. The topological polar surface area (TPSA) is 80.8 Å². The molecule has 1 aromatic carbocycles. The molecule has 1 unspecified atom stereocenters. The molecule has 1 atom stereocenters. The monoisotopic (exact) mass is 391 g/mol. The van der Waals surface area contributed by atoms with Crippen molar-refractivity contribution in [2.75, 3.05) is 6.54 Å². The highest BCUT2D eigenvalue weighted by atomic mass is 32.2. The van der Waals surface area contributed by atoms with Crippen LogP contribution >= 0.6 is 0 Å². The molecular weight excluding hydrogens is 366 g/mol. The van der Waals surface area contributed by atoms with Crippen LogP contribution in [0.4, 0.5) is 0 Å². The summed E-state index contributed by atoms with van der Waals surface area (Å²) in [6.45, 7) is 7.21. The minimum absolute atomic E-state index is 0.0647. The highest BCUT2D eigenvalue weighted by Gasteiger charge is 2.56. The summed E-state index contributed by atoms with van der Waals surface area (Å²) in [5, 5.41) is 0. The standard InChI is InChI=1S/C20H25NO5S/c1-14-7-9-15(10-8-14)27(24,25)21-13-12-20(18(21)23)11-5-6-16(20)17(22)26-19(2,3)4/h6-10H,5,11-13H2,1-4H3. The molecule has 1 fully saturated rings. The first-order chi connectivity index (χ1) is 12.5. The number of hydrogen-bond donors (Lipinski definition) is 0. The number of nitrogens with zero attached hydrogens (tertiary/aromatic N) is 1. The highest BCUT2D eigenvalue weighted by molar-refractivity contribution is 7.89. The smallest absolute Gasteiger partial charge is 0.335 e. The number of sulfonamides is 1. The van der Waals surface area contributed by atoms with Crippen LogP contribution in [0.1, 0.15) is 45.6 Å². The first-order valence-electron chi connectivity index (χ1n) is 9.05. The van der Waals surface area contributed by atoms with Crippen LogP contribution < -0.4 is 0 Å². The Morgan fingerprint density at radius 3 is 2.37 bits per heavy atom. The molecule has 27 heavy (non-hydrogen) atoms. The molecule has 3 rings (SSSR count). The Morgan fingerprint density at radius 2 is 1.78 bits per heavy atom. The number of rotatable bonds is 3. The van der Waals surface area contributed by atoms with Gasteiger partial charge in [0.05, 0.1) is 10.3 Å². The lowest BCUT2D eigenvalue weighted by Crippen LogP contribution is -2.40. The number of allylic oxidation sites excluding steroid dienone is 1. The average Bonchev–Trinajstić information content (AvgIpc) is 3.12. The maximum atomic E-state index is 13.2. The van der Waals surface area contributed by atoms with Gasteiger partial charge in [-0.15, -0.1) is 0 Å². The first kappa shape index (κ1) is 19.6. The number of aryl methyl sites for hydroxylation is 1. The number of esters is 1. The first-order valence-corrected chi connectivity index (χ1v) is 10.5. The molecule has 1 aromatic rings. The summed E-state index contributed by atoms with van der Waals surface area (Å²) in [6.07, 6.45) is 3.00. The summed E-state index contributed by atoms with van der Waals surface area (Å²) in [5.41, 5.74) is -0.551. The van der Waals surface area contributed by atoms with E-state index in [1.807, 2.05) is 6.92 Å². The zero-order valence-electron chi connectivity index (χ0n) is 16.1. The van der Waals surface area contributed by atoms with Gasteiger partial charge < -0.3 is 4.74 Å². The molecule has 2 aliphatic rings.